The van der Waals surface area contributed by atoms with Crippen molar-refractivity contribution in [2.45, 2.75) is 43.8 Å². The fraction of sp³-hybridized carbons (Fsp3) is 0.318. The maximum absolute atomic E-state index is 12.6. The van der Waals surface area contributed by atoms with Gasteiger partial charge in [0.05, 0.1) is 17.3 Å². The quantitative estimate of drug-likeness (QED) is 0.261. The van der Waals surface area contributed by atoms with Crippen molar-refractivity contribution in [3.05, 3.63) is 64.5 Å². The summed E-state index contributed by atoms with van der Waals surface area (Å²) in [5.74, 6) is 1.83. The molecule has 0 aliphatic carbocycles. The standard InChI is InChI=1S/C22H25N5O5S/c1-5-26-20(14(2)32-19-12-10-18(31-4)11-13-19)24-25-22(26)33-15(3)21(28)23-16-6-8-17(9-7-16)27(29)30/h6-15H,5H2,1-4H3,(H,23,28). The van der Waals surface area contributed by atoms with Crippen molar-refractivity contribution in [3.8, 4) is 11.5 Å². The number of nitro groups is 1. The molecule has 0 aliphatic heterocycles. The average Bonchev–Trinajstić information content (AvgIpc) is 3.22. The topological polar surface area (TPSA) is 121 Å². The van der Waals surface area contributed by atoms with Crippen molar-refractivity contribution in [2.24, 2.45) is 0 Å². The monoisotopic (exact) mass is 471 g/mol. The molecule has 174 valence electrons. The van der Waals surface area contributed by atoms with Crippen LogP contribution in [0, 0.1) is 10.1 Å². The van der Waals surface area contributed by atoms with Crippen LogP contribution >= 0.6 is 11.8 Å². The number of anilines is 1. The number of aromatic nitrogens is 3. The summed E-state index contributed by atoms with van der Waals surface area (Å²) in [5.41, 5.74) is 0.446. The Hall–Kier alpha value is -3.60. The van der Waals surface area contributed by atoms with E-state index in [-0.39, 0.29) is 17.7 Å². The van der Waals surface area contributed by atoms with E-state index >= 15 is 0 Å². The first-order valence-electron chi connectivity index (χ1n) is 10.3. The molecule has 0 fully saturated rings. The predicted octanol–water partition coefficient (Wildman–Crippen LogP) is 4.47. The van der Waals surface area contributed by atoms with Gasteiger partial charge in [0.15, 0.2) is 17.1 Å². The zero-order valence-corrected chi connectivity index (χ0v) is 19.5. The molecule has 11 heteroatoms. The summed E-state index contributed by atoms with van der Waals surface area (Å²) in [7, 11) is 1.61. The first kappa shape index (κ1) is 24.1. The van der Waals surface area contributed by atoms with E-state index in [9.17, 15) is 14.9 Å². The summed E-state index contributed by atoms with van der Waals surface area (Å²) in [6, 6.07) is 13.0. The molecular formula is C22H25N5O5S. The van der Waals surface area contributed by atoms with Crippen LogP contribution in [0.25, 0.3) is 0 Å². The molecule has 0 saturated carbocycles. The van der Waals surface area contributed by atoms with Crippen molar-refractivity contribution in [3.63, 3.8) is 0 Å². The van der Waals surface area contributed by atoms with Crippen LogP contribution in [0.15, 0.2) is 53.7 Å². The van der Waals surface area contributed by atoms with Crippen molar-refractivity contribution >= 4 is 29.0 Å². The van der Waals surface area contributed by atoms with Crippen LogP contribution in [0.4, 0.5) is 11.4 Å². The number of hydrogen-bond donors (Lipinski definition) is 1. The van der Waals surface area contributed by atoms with E-state index in [2.05, 4.69) is 15.5 Å². The summed E-state index contributed by atoms with van der Waals surface area (Å²) in [6.45, 7) is 6.23. The Morgan fingerprint density at radius 3 is 2.33 bits per heavy atom. The van der Waals surface area contributed by atoms with Crippen molar-refractivity contribution in [2.75, 3.05) is 12.4 Å². The number of carbonyl (C=O) groups excluding carboxylic acids is 1. The number of ether oxygens (including phenoxy) is 2. The van der Waals surface area contributed by atoms with Crippen LogP contribution in [0.5, 0.6) is 11.5 Å². The highest BCUT2D eigenvalue weighted by atomic mass is 32.2. The van der Waals surface area contributed by atoms with E-state index in [4.69, 9.17) is 9.47 Å². The lowest BCUT2D eigenvalue weighted by Crippen LogP contribution is -2.23. The third-order valence-electron chi connectivity index (χ3n) is 4.79. The van der Waals surface area contributed by atoms with Gasteiger partial charge in [-0.05, 0) is 57.2 Å². The number of nitrogens with one attached hydrogen (secondary N) is 1. The lowest BCUT2D eigenvalue weighted by atomic mass is 10.3. The zero-order chi connectivity index (χ0) is 24.0. The lowest BCUT2D eigenvalue weighted by molar-refractivity contribution is -0.384. The summed E-state index contributed by atoms with van der Waals surface area (Å²) >= 11 is 1.28. The molecule has 2 unspecified atom stereocenters. The summed E-state index contributed by atoms with van der Waals surface area (Å²) in [6.07, 6.45) is -0.357. The molecule has 0 radical (unpaired) electrons. The molecule has 2 aromatic carbocycles. The van der Waals surface area contributed by atoms with E-state index < -0.39 is 10.2 Å². The minimum Gasteiger partial charge on any atom is -0.497 e. The van der Waals surface area contributed by atoms with Crippen molar-refractivity contribution < 1.29 is 19.2 Å². The molecule has 0 aliphatic rings. The number of benzene rings is 2. The molecule has 2 atom stereocenters. The molecular weight excluding hydrogens is 446 g/mol. The summed E-state index contributed by atoms with van der Waals surface area (Å²) < 4.78 is 13.1. The van der Waals surface area contributed by atoms with Gasteiger partial charge in [0.1, 0.15) is 11.5 Å². The first-order chi connectivity index (χ1) is 15.8. The molecule has 3 aromatic rings. The second kappa shape index (κ2) is 10.8. The number of hydrogen-bond acceptors (Lipinski definition) is 8. The minimum absolute atomic E-state index is 0.0371. The Kier molecular flexibility index (Phi) is 7.88. The molecule has 0 saturated heterocycles. The number of methoxy groups -OCH3 is 1. The average molecular weight is 472 g/mol. The second-order valence-electron chi connectivity index (χ2n) is 7.07. The number of non-ortho nitro benzene ring substituents is 1. The number of rotatable bonds is 10. The zero-order valence-electron chi connectivity index (χ0n) is 18.7. The molecule has 1 amide bonds. The van der Waals surface area contributed by atoms with Crippen LogP contribution < -0.4 is 14.8 Å². The number of nitrogens with zero attached hydrogens (tertiary/aromatic N) is 4. The van der Waals surface area contributed by atoms with Gasteiger partial charge >= 0.3 is 0 Å². The molecule has 3 rings (SSSR count). The van der Waals surface area contributed by atoms with Gasteiger partial charge in [-0.2, -0.15) is 0 Å². The van der Waals surface area contributed by atoms with E-state index in [0.717, 1.165) is 5.75 Å². The maximum atomic E-state index is 12.6. The summed E-state index contributed by atoms with van der Waals surface area (Å²) in [5, 5.41) is 22.2. The molecule has 0 spiro atoms. The highest BCUT2D eigenvalue weighted by Gasteiger charge is 2.23. The normalized spacial score (nSPS) is 12.6. The largest absolute Gasteiger partial charge is 0.497 e. The van der Waals surface area contributed by atoms with E-state index in [1.807, 2.05) is 42.7 Å². The van der Waals surface area contributed by atoms with Gasteiger partial charge in [0.2, 0.25) is 5.91 Å². The van der Waals surface area contributed by atoms with Gasteiger partial charge in [-0.1, -0.05) is 11.8 Å². The minimum atomic E-state index is -0.488. The SMILES string of the molecule is CCn1c(SC(C)C(=O)Nc2ccc([N+](=O)[O-])cc2)nnc1C(C)Oc1ccc(OC)cc1. The van der Waals surface area contributed by atoms with Crippen molar-refractivity contribution in [1.29, 1.82) is 0 Å². The van der Waals surface area contributed by atoms with Crippen molar-refractivity contribution in [1.82, 2.24) is 14.8 Å². The Balaban J connectivity index is 1.65. The van der Waals surface area contributed by atoms with Crippen LogP contribution in [-0.4, -0.2) is 38.0 Å². The highest BCUT2D eigenvalue weighted by Crippen LogP contribution is 2.28. The number of carbonyl (C=O) groups is 1. The molecule has 1 aromatic heterocycles. The third-order valence-corrected chi connectivity index (χ3v) is 5.88. The molecule has 1 N–H and O–H groups in total. The van der Waals surface area contributed by atoms with Crippen LogP contribution in [0.3, 0.4) is 0 Å². The van der Waals surface area contributed by atoms with Gasteiger partial charge in [-0.15, -0.1) is 10.2 Å². The summed E-state index contributed by atoms with van der Waals surface area (Å²) in [4.78, 5) is 22.9. The Morgan fingerprint density at radius 1 is 1.12 bits per heavy atom. The van der Waals surface area contributed by atoms with Gasteiger partial charge < -0.3 is 19.4 Å². The number of nitro benzene ring substituents is 1. The Labute approximate surface area is 195 Å². The van der Waals surface area contributed by atoms with Crippen LogP contribution in [0.2, 0.25) is 0 Å². The maximum Gasteiger partial charge on any atom is 0.269 e. The smallest absolute Gasteiger partial charge is 0.269 e. The number of thioether (sulfide) groups is 1. The van der Waals surface area contributed by atoms with Gasteiger partial charge in [0.25, 0.3) is 5.69 Å². The fourth-order valence-corrected chi connectivity index (χ4v) is 3.94. The highest BCUT2D eigenvalue weighted by molar-refractivity contribution is 8.00. The first-order valence-corrected chi connectivity index (χ1v) is 11.2. The molecule has 1 heterocycles. The van der Waals surface area contributed by atoms with Gasteiger partial charge in [-0.25, -0.2) is 0 Å². The van der Waals surface area contributed by atoms with E-state index in [1.165, 1.54) is 36.0 Å². The second-order valence-corrected chi connectivity index (χ2v) is 8.38. The number of amides is 1. The lowest BCUT2D eigenvalue weighted by Gasteiger charge is -2.16. The molecule has 10 nitrogen and oxygen atoms in total. The molecule has 33 heavy (non-hydrogen) atoms. The Morgan fingerprint density at radius 2 is 1.76 bits per heavy atom. The van der Waals surface area contributed by atoms with Gasteiger partial charge in [-0.3, -0.25) is 14.9 Å². The van der Waals surface area contributed by atoms with Crippen LogP contribution in [-0.2, 0) is 11.3 Å². The van der Waals surface area contributed by atoms with Crippen LogP contribution in [0.1, 0.15) is 32.7 Å². The molecule has 0 bridgehead atoms. The van der Waals surface area contributed by atoms with Gasteiger partial charge in [0, 0.05) is 24.4 Å². The Bertz CT molecular complexity index is 1100. The predicted molar refractivity (Wildman–Crippen MR) is 125 cm³/mol. The van der Waals surface area contributed by atoms with E-state index in [0.29, 0.717) is 29.0 Å². The fourth-order valence-electron chi connectivity index (χ4n) is 3.02. The third kappa shape index (κ3) is 6.01. The van der Waals surface area contributed by atoms with E-state index in [1.54, 1.807) is 14.0 Å².